The highest BCUT2D eigenvalue weighted by atomic mass is 16.5. The molecule has 1 rings (SSSR count). The third-order valence-corrected chi connectivity index (χ3v) is 2.99. The first-order valence-electron chi connectivity index (χ1n) is 7.26. The first kappa shape index (κ1) is 16.9. The minimum atomic E-state index is -0.298. The number of carbonyl (C=O) groups excluding carboxylic acids is 2. The summed E-state index contributed by atoms with van der Waals surface area (Å²) in [6.45, 7) is 6.10. The van der Waals surface area contributed by atoms with Crippen molar-refractivity contribution in [3.63, 3.8) is 0 Å². The van der Waals surface area contributed by atoms with Gasteiger partial charge in [-0.1, -0.05) is 37.4 Å². The molecule has 1 heterocycles. The van der Waals surface area contributed by atoms with E-state index in [9.17, 15) is 9.59 Å². The molecule has 0 fully saturated rings. The fraction of sp³-hybridized carbons (Fsp3) is 0.533. The average Bonchev–Trinajstić information content (AvgIpc) is 2.95. The molecule has 0 aliphatic carbocycles. The molecule has 0 spiro atoms. The standard InChI is InChI=1S/C15H23N3O3/c1-3-5-6-7-8-15(20)18(10-4-2)12-14(19)16-13-9-11-21-17-13/h4,9,11H,2-3,5-8,10,12H2,1H3,(H,16,17,19). The number of rotatable bonds is 10. The summed E-state index contributed by atoms with van der Waals surface area (Å²) in [4.78, 5) is 25.4. The van der Waals surface area contributed by atoms with Gasteiger partial charge in [0.15, 0.2) is 5.82 Å². The maximum atomic E-state index is 12.1. The number of unbranched alkanes of at least 4 members (excludes halogenated alkanes) is 3. The summed E-state index contributed by atoms with van der Waals surface area (Å²) in [5, 5.41) is 6.16. The van der Waals surface area contributed by atoms with E-state index in [-0.39, 0.29) is 18.4 Å². The highest BCUT2D eigenvalue weighted by Gasteiger charge is 2.16. The third kappa shape index (κ3) is 6.74. The first-order valence-corrected chi connectivity index (χ1v) is 7.26. The number of anilines is 1. The molecule has 21 heavy (non-hydrogen) atoms. The Hall–Kier alpha value is -2.11. The van der Waals surface area contributed by atoms with E-state index in [1.165, 1.54) is 11.2 Å². The zero-order valence-electron chi connectivity index (χ0n) is 12.5. The van der Waals surface area contributed by atoms with Crippen LogP contribution in [0.5, 0.6) is 0 Å². The lowest BCUT2D eigenvalue weighted by molar-refractivity contribution is -0.134. The second-order valence-corrected chi connectivity index (χ2v) is 4.81. The summed E-state index contributed by atoms with van der Waals surface area (Å²) in [7, 11) is 0. The van der Waals surface area contributed by atoms with Gasteiger partial charge in [-0.05, 0) is 6.42 Å². The first-order chi connectivity index (χ1) is 10.2. The largest absolute Gasteiger partial charge is 0.363 e. The van der Waals surface area contributed by atoms with Crippen LogP contribution in [0.25, 0.3) is 0 Å². The Kier molecular flexibility index (Phi) is 7.86. The van der Waals surface area contributed by atoms with Gasteiger partial charge in [-0.15, -0.1) is 6.58 Å². The average molecular weight is 293 g/mol. The van der Waals surface area contributed by atoms with E-state index < -0.39 is 0 Å². The number of amides is 2. The Bertz CT molecular complexity index is 443. The molecule has 0 aromatic carbocycles. The minimum Gasteiger partial charge on any atom is -0.363 e. The molecular formula is C15H23N3O3. The minimum absolute atomic E-state index is 0.00844. The molecule has 116 valence electrons. The molecule has 0 saturated heterocycles. The summed E-state index contributed by atoms with van der Waals surface area (Å²) < 4.78 is 4.63. The van der Waals surface area contributed by atoms with Crippen molar-refractivity contribution in [3.8, 4) is 0 Å². The van der Waals surface area contributed by atoms with Gasteiger partial charge in [-0.2, -0.15) is 0 Å². The fourth-order valence-electron chi connectivity index (χ4n) is 1.90. The van der Waals surface area contributed by atoms with E-state index in [4.69, 9.17) is 0 Å². The number of hydrogen-bond donors (Lipinski definition) is 1. The Morgan fingerprint density at radius 1 is 1.43 bits per heavy atom. The number of nitrogens with one attached hydrogen (secondary N) is 1. The van der Waals surface area contributed by atoms with E-state index in [0.717, 1.165) is 25.7 Å². The summed E-state index contributed by atoms with van der Waals surface area (Å²) in [6.07, 6.45) is 7.60. The quantitative estimate of drug-likeness (QED) is 0.531. The predicted octanol–water partition coefficient (Wildman–Crippen LogP) is 2.60. The van der Waals surface area contributed by atoms with Crippen molar-refractivity contribution < 1.29 is 14.1 Å². The van der Waals surface area contributed by atoms with Crippen LogP contribution in [0.4, 0.5) is 5.82 Å². The van der Waals surface area contributed by atoms with Crippen molar-refractivity contribution in [3.05, 3.63) is 25.0 Å². The van der Waals surface area contributed by atoms with E-state index in [1.54, 1.807) is 12.1 Å². The molecule has 0 aliphatic heterocycles. The molecule has 1 N–H and O–H groups in total. The van der Waals surface area contributed by atoms with Gasteiger partial charge < -0.3 is 14.7 Å². The molecule has 0 bridgehead atoms. The van der Waals surface area contributed by atoms with Gasteiger partial charge in [0, 0.05) is 19.0 Å². The molecular weight excluding hydrogens is 270 g/mol. The van der Waals surface area contributed by atoms with Crippen molar-refractivity contribution >= 4 is 17.6 Å². The van der Waals surface area contributed by atoms with Crippen LogP contribution in [-0.2, 0) is 9.59 Å². The van der Waals surface area contributed by atoms with Gasteiger partial charge in [0.05, 0.1) is 0 Å². The van der Waals surface area contributed by atoms with E-state index >= 15 is 0 Å². The van der Waals surface area contributed by atoms with Gasteiger partial charge >= 0.3 is 0 Å². The van der Waals surface area contributed by atoms with Crippen LogP contribution in [0, 0.1) is 0 Å². The van der Waals surface area contributed by atoms with Crippen molar-refractivity contribution in [2.45, 2.75) is 39.0 Å². The summed E-state index contributed by atoms with van der Waals surface area (Å²) in [5.41, 5.74) is 0. The maximum Gasteiger partial charge on any atom is 0.245 e. The van der Waals surface area contributed by atoms with Gasteiger partial charge in [-0.3, -0.25) is 9.59 Å². The van der Waals surface area contributed by atoms with Crippen LogP contribution in [0.15, 0.2) is 29.5 Å². The highest BCUT2D eigenvalue weighted by Crippen LogP contribution is 2.06. The number of nitrogens with zero attached hydrogens (tertiary/aromatic N) is 2. The van der Waals surface area contributed by atoms with Crippen LogP contribution in [0.2, 0.25) is 0 Å². The second kappa shape index (κ2) is 9.74. The predicted molar refractivity (Wildman–Crippen MR) is 80.7 cm³/mol. The summed E-state index contributed by atoms with van der Waals surface area (Å²) in [5.74, 6) is 0.0166. The normalized spacial score (nSPS) is 10.1. The molecule has 6 heteroatoms. The summed E-state index contributed by atoms with van der Waals surface area (Å²) >= 11 is 0. The number of hydrogen-bond acceptors (Lipinski definition) is 4. The van der Waals surface area contributed by atoms with Crippen molar-refractivity contribution in [2.75, 3.05) is 18.4 Å². The van der Waals surface area contributed by atoms with Gasteiger partial charge in [0.25, 0.3) is 0 Å². The highest BCUT2D eigenvalue weighted by molar-refractivity contribution is 5.93. The zero-order chi connectivity index (χ0) is 15.5. The molecule has 2 amide bonds. The molecule has 0 unspecified atom stereocenters. The van der Waals surface area contributed by atoms with Crippen molar-refractivity contribution in [2.24, 2.45) is 0 Å². The molecule has 1 aromatic rings. The smallest absolute Gasteiger partial charge is 0.245 e. The number of carbonyl (C=O) groups is 2. The van der Waals surface area contributed by atoms with E-state index in [2.05, 4.69) is 28.5 Å². The van der Waals surface area contributed by atoms with Gasteiger partial charge in [0.1, 0.15) is 12.8 Å². The lowest BCUT2D eigenvalue weighted by Crippen LogP contribution is -2.38. The Morgan fingerprint density at radius 2 is 2.24 bits per heavy atom. The van der Waals surface area contributed by atoms with E-state index in [0.29, 0.717) is 18.8 Å². The van der Waals surface area contributed by atoms with Crippen LogP contribution in [-0.4, -0.2) is 35.0 Å². The lowest BCUT2D eigenvalue weighted by Gasteiger charge is -2.20. The SMILES string of the molecule is C=CCN(CC(=O)Nc1ccon1)C(=O)CCCCCC. The maximum absolute atomic E-state index is 12.1. The number of aromatic nitrogens is 1. The fourth-order valence-corrected chi connectivity index (χ4v) is 1.90. The molecule has 0 radical (unpaired) electrons. The Balaban J connectivity index is 2.42. The molecule has 1 aromatic heterocycles. The monoisotopic (exact) mass is 293 g/mol. The third-order valence-electron chi connectivity index (χ3n) is 2.99. The van der Waals surface area contributed by atoms with Gasteiger partial charge in [0.2, 0.25) is 11.8 Å². The summed E-state index contributed by atoms with van der Waals surface area (Å²) in [6, 6.07) is 1.54. The van der Waals surface area contributed by atoms with Crippen LogP contribution >= 0.6 is 0 Å². The zero-order valence-corrected chi connectivity index (χ0v) is 12.5. The van der Waals surface area contributed by atoms with Crippen LogP contribution in [0.3, 0.4) is 0 Å². The molecule has 0 saturated carbocycles. The van der Waals surface area contributed by atoms with Gasteiger partial charge in [-0.25, -0.2) is 0 Å². The molecule has 0 aliphatic rings. The molecule has 0 atom stereocenters. The van der Waals surface area contributed by atoms with Crippen molar-refractivity contribution in [1.29, 1.82) is 0 Å². The lowest BCUT2D eigenvalue weighted by atomic mass is 10.1. The van der Waals surface area contributed by atoms with Crippen LogP contribution < -0.4 is 5.32 Å². The topological polar surface area (TPSA) is 75.4 Å². The van der Waals surface area contributed by atoms with Crippen LogP contribution in [0.1, 0.15) is 39.0 Å². The Morgan fingerprint density at radius 3 is 2.86 bits per heavy atom. The second-order valence-electron chi connectivity index (χ2n) is 4.81. The van der Waals surface area contributed by atoms with Crippen molar-refractivity contribution in [1.82, 2.24) is 10.1 Å². The molecule has 6 nitrogen and oxygen atoms in total. The Labute approximate surface area is 125 Å². The van der Waals surface area contributed by atoms with E-state index in [1.807, 2.05) is 0 Å².